The van der Waals surface area contributed by atoms with E-state index in [0.29, 0.717) is 46.8 Å². The predicted octanol–water partition coefficient (Wildman–Crippen LogP) is 6.26. The number of anilines is 1. The Kier molecular flexibility index (Phi) is 7.05. The average molecular weight is 567 g/mol. The Balaban J connectivity index is 1.75. The van der Waals surface area contributed by atoms with Crippen LogP contribution in [0.2, 0.25) is 0 Å². The number of nitrogens with zero attached hydrogens (tertiary/aromatic N) is 2. The van der Waals surface area contributed by atoms with Gasteiger partial charge in [-0.15, -0.1) is 11.3 Å². The van der Waals surface area contributed by atoms with Crippen LogP contribution in [0.15, 0.2) is 51.4 Å². The van der Waals surface area contributed by atoms with E-state index < -0.39 is 5.92 Å². The van der Waals surface area contributed by atoms with E-state index in [2.05, 4.69) is 22.0 Å². The number of hydrogen-bond acceptors (Lipinski definition) is 7. The van der Waals surface area contributed by atoms with Gasteiger partial charge in [0.2, 0.25) is 0 Å². The van der Waals surface area contributed by atoms with Crippen molar-refractivity contribution in [3.05, 3.63) is 73.0 Å². The Hall–Kier alpha value is -2.89. The molecule has 2 aliphatic carbocycles. The van der Waals surface area contributed by atoms with E-state index in [9.17, 15) is 14.9 Å². The van der Waals surface area contributed by atoms with Crippen molar-refractivity contribution in [2.45, 2.75) is 64.2 Å². The fourth-order valence-electron chi connectivity index (χ4n) is 5.61. The van der Waals surface area contributed by atoms with Crippen molar-refractivity contribution in [1.82, 2.24) is 0 Å². The summed E-state index contributed by atoms with van der Waals surface area (Å²) in [6, 6.07) is 10.0. The molecule has 36 heavy (non-hydrogen) atoms. The van der Waals surface area contributed by atoms with Crippen LogP contribution < -0.4 is 10.6 Å². The van der Waals surface area contributed by atoms with Crippen LogP contribution in [0.5, 0.6) is 0 Å². The van der Waals surface area contributed by atoms with Crippen LogP contribution in [-0.4, -0.2) is 18.4 Å². The molecule has 1 atom stereocenters. The van der Waals surface area contributed by atoms with Gasteiger partial charge in [0.05, 0.1) is 29.7 Å². The van der Waals surface area contributed by atoms with Crippen molar-refractivity contribution < 1.29 is 14.3 Å². The van der Waals surface area contributed by atoms with Gasteiger partial charge in [0.15, 0.2) is 5.78 Å². The molecule has 2 N–H and O–H groups in total. The van der Waals surface area contributed by atoms with E-state index in [0.717, 1.165) is 53.4 Å². The molecule has 0 saturated heterocycles. The van der Waals surface area contributed by atoms with Crippen LogP contribution in [0.25, 0.3) is 0 Å². The second kappa shape index (κ2) is 10.2. The smallest absolute Gasteiger partial charge is 0.341 e. The number of halogens is 1. The minimum Gasteiger partial charge on any atom is -0.462 e. The number of aryl methyl sites for hydroxylation is 1. The fourth-order valence-corrected chi connectivity index (χ4v) is 7.29. The molecule has 1 aromatic carbocycles. The number of rotatable bonds is 4. The monoisotopic (exact) mass is 565 g/mol. The molecule has 0 spiro atoms. The highest BCUT2D eigenvalue weighted by Gasteiger charge is 2.42. The highest BCUT2D eigenvalue weighted by atomic mass is 79.9. The number of carbonyl (C=O) groups is 2. The van der Waals surface area contributed by atoms with Gasteiger partial charge < -0.3 is 10.5 Å². The third kappa shape index (κ3) is 4.18. The number of esters is 1. The number of thiophene rings is 1. The first-order valence-corrected chi connectivity index (χ1v) is 14.1. The van der Waals surface area contributed by atoms with Crippen LogP contribution in [0.3, 0.4) is 0 Å². The van der Waals surface area contributed by atoms with Crippen LogP contribution in [0, 0.1) is 11.3 Å². The summed E-state index contributed by atoms with van der Waals surface area (Å²) < 4.78 is 6.42. The van der Waals surface area contributed by atoms with E-state index >= 15 is 0 Å². The lowest BCUT2D eigenvalue weighted by Gasteiger charge is -2.39. The summed E-state index contributed by atoms with van der Waals surface area (Å²) in [5.41, 5.74) is 11.0. The van der Waals surface area contributed by atoms with Crippen molar-refractivity contribution in [3.63, 3.8) is 0 Å². The van der Waals surface area contributed by atoms with E-state index in [-0.39, 0.29) is 18.4 Å². The van der Waals surface area contributed by atoms with Crippen LogP contribution in [-0.2, 0) is 22.4 Å². The normalized spacial score (nSPS) is 20.0. The quantitative estimate of drug-likeness (QED) is 0.347. The Bertz CT molecular complexity index is 1330. The average Bonchev–Trinajstić information content (AvgIpc) is 3.06. The number of fused-ring (bicyclic) bond motifs is 1. The molecule has 186 valence electrons. The Morgan fingerprint density at radius 3 is 2.64 bits per heavy atom. The maximum Gasteiger partial charge on any atom is 0.341 e. The maximum atomic E-state index is 13.4. The Morgan fingerprint density at radius 2 is 1.92 bits per heavy atom. The number of hydrogen-bond donors (Lipinski definition) is 1. The van der Waals surface area contributed by atoms with E-state index in [1.165, 1.54) is 4.88 Å². The van der Waals surface area contributed by atoms with Crippen LogP contribution >= 0.6 is 27.3 Å². The minimum absolute atomic E-state index is 0.0326. The first-order chi connectivity index (χ1) is 17.5. The first-order valence-electron chi connectivity index (χ1n) is 12.5. The zero-order valence-corrected chi connectivity index (χ0v) is 22.6. The molecule has 0 amide bonds. The molecular weight excluding hydrogens is 538 g/mol. The summed E-state index contributed by atoms with van der Waals surface area (Å²) in [5.74, 6) is -0.561. The van der Waals surface area contributed by atoms with Crippen molar-refractivity contribution >= 4 is 44.0 Å². The van der Waals surface area contributed by atoms with Crippen molar-refractivity contribution in [1.29, 1.82) is 5.26 Å². The minimum atomic E-state index is -0.522. The summed E-state index contributed by atoms with van der Waals surface area (Å²) in [5, 5.41) is 11.0. The highest BCUT2D eigenvalue weighted by Crippen LogP contribution is 2.50. The standard InChI is InChI=1S/C28H28BrN3O3S/c1-2-35-28(34)24-18-7-4-3-5-10-22(18)36-27(24)32-20-8-6-9-21(33)25(20)23(19(15-30)26(32)31)16-11-13-17(29)14-12-16/h11-14,23H,2-10,31H2,1H3. The van der Waals surface area contributed by atoms with Gasteiger partial charge in [0.25, 0.3) is 0 Å². The van der Waals surface area contributed by atoms with Gasteiger partial charge in [-0.1, -0.05) is 34.5 Å². The molecule has 2 heterocycles. The number of benzene rings is 1. The first kappa shape index (κ1) is 24.8. The number of ketones is 1. The molecule has 0 bridgehead atoms. The zero-order chi connectivity index (χ0) is 25.4. The molecule has 1 unspecified atom stereocenters. The second-order valence-corrected chi connectivity index (χ2v) is 11.3. The number of Topliss-reactive ketones (excluding diaryl/α,β-unsaturated/α-hetero) is 1. The molecule has 5 rings (SSSR count). The third-order valence-corrected chi connectivity index (χ3v) is 9.01. The summed E-state index contributed by atoms with van der Waals surface area (Å²) in [4.78, 5) is 29.7. The van der Waals surface area contributed by atoms with Crippen molar-refractivity contribution in [2.24, 2.45) is 5.73 Å². The molecule has 6 nitrogen and oxygen atoms in total. The zero-order valence-electron chi connectivity index (χ0n) is 20.2. The lowest BCUT2D eigenvalue weighted by atomic mass is 9.75. The maximum absolute atomic E-state index is 13.4. The van der Waals surface area contributed by atoms with Gasteiger partial charge in [-0.2, -0.15) is 5.26 Å². The molecule has 8 heteroatoms. The van der Waals surface area contributed by atoms with Crippen molar-refractivity contribution in [3.8, 4) is 6.07 Å². The Labute approximate surface area is 223 Å². The molecule has 1 aromatic heterocycles. The molecule has 0 radical (unpaired) electrons. The second-order valence-electron chi connectivity index (χ2n) is 9.33. The van der Waals surface area contributed by atoms with Gasteiger partial charge >= 0.3 is 5.97 Å². The van der Waals surface area contributed by atoms with Crippen molar-refractivity contribution in [2.75, 3.05) is 11.5 Å². The van der Waals surface area contributed by atoms with E-state index in [1.807, 2.05) is 29.2 Å². The molecule has 1 aliphatic heterocycles. The Morgan fingerprint density at radius 1 is 1.17 bits per heavy atom. The molecule has 0 saturated carbocycles. The van der Waals surface area contributed by atoms with Gasteiger partial charge in [0, 0.05) is 27.0 Å². The van der Waals surface area contributed by atoms with Gasteiger partial charge in [-0.05, 0) is 68.7 Å². The van der Waals surface area contributed by atoms with Gasteiger partial charge in [-0.25, -0.2) is 4.79 Å². The fraction of sp³-hybridized carbons (Fsp3) is 0.393. The number of ether oxygens (including phenoxy) is 1. The molecular formula is C28H28BrN3O3S. The summed E-state index contributed by atoms with van der Waals surface area (Å²) in [6.45, 7) is 2.07. The largest absolute Gasteiger partial charge is 0.462 e. The van der Waals surface area contributed by atoms with E-state index in [4.69, 9.17) is 10.5 Å². The number of nitrogens with two attached hydrogens (primary N) is 1. The van der Waals surface area contributed by atoms with Crippen LogP contribution in [0.4, 0.5) is 5.00 Å². The highest BCUT2D eigenvalue weighted by molar-refractivity contribution is 9.10. The molecule has 0 fully saturated rings. The SMILES string of the molecule is CCOC(=O)c1c(N2C(N)=C(C#N)C(c3ccc(Br)cc3)C3=C2CCCC3=O)sc2c1CCCCC2. The summed E-state index contributed by atoms with van der Waals surface area (Å²) in [6.07, 6.45) is 6.72. The lowest BCUT2D eigenvalue weighted by molar-refractivity contribution is -0.116. The lowest BCUT2D eigenvalue weighted by Crippen LogP contribution is -2.39. The topological polar surface area (TPSA) is 96.4 Å². The predicted molar refractivity (Wildman–Crippen MR) is 144 cm³/mol. The van der Waals surface area contributed by atoms with Gasteiger partial charge in [0.1, 0.15) is 10.8 Å². The summed E-state index contributed by atoms with van der Waals surface area (Å²) in [7, 11) is 0. The number of nitriles is 1. The van der Waals surface area contributed by atoms with Gasteiger partial charge in [-0.3, -0.25) is 9.69 Å². The summed E-state index contributed by atoms with van der Waals surface area (Å²) >= 11 is 5.03. The van der Waals surface area contributed by atoms with Crippen LogP contribution in [0.1, 0.15) is 77.7 Å². The number of carbonyl (C=O) groups excluding carboxylic acids is 2. The van der Waals surface area contributed by atoms with E-state index in [1.54, 1.807) is 18.3 Å². The molecule has 3 aliphatic rings. The molecule has 2 aromatic rings. The number of allylic oxidation sites excluding steroid dienone is 3. The third-order valence-electron chi connectivity index (χ3n) is 7.20.